The average molecular weight is 272 g/mol. The number of anilines is 2. The van der Waals surface area contributed by atoms with Crippen LogP contribution in [0.3, 0.4) is 0 Å². The zero-order chi connectivity index (χ0) is 14.4. The Kier molecular flexibility index (Phi) is 4.81. The minimum Gasteiger partial charge on any atom is -0.370 e. The molecule has 0 saturated carbocycles. The average Bonchev–Trinajstić information content (AvgIpc) is 2.47. The highest BCUT2D eigenvalue weighted by atomic mass is 15.1. The lowest BCUT2D eigenvalue weighted by molar-refractivity contribution is 0.955. The Bertz CT molecular complexity index is 552. The van der Waals surface area contributed by atoms with Crippen LogP contribution in [0.1, 0.15) is 30.8 Å². The zero-order valence-corrected chi connectivity index (χ0v) is 12.1. The van der Waals surface area contributed by atoms with Gasteiger partial charge in [0.25, 0.3) is 0 Å². The van der Waals surface area contributed by atoms with Crippen LogP contribution in [0.25, 0.3) is 0 Å². The molecule has 2 heterocycles. The molecule has 0 radical (unpaired) electrons. The molecule has 0 spiro atoms. The summed E-state index contributed by atoms with van der Waals surface area (Å²) in [6, 6.07) is 0. The van der Waals surface area contributed by atoms with E-state index in [0.717, 1.165) is 41.6 Å². The van der Waals surface area contributed by atoms with Crippen LogP contribution in [0.4, 0.5) is 11.6 Å². The smallest absolute Gasteiger partial charge is 0.135 e. The maximum atomic E-state index is 4.32. The molecule has 6 heteroatoms. The van der Waals surface area contributed by atoms with E-state index in [-0.39, 0.29) is 0 Å². The molecule has 20 heavy (non-hydrogen) atoms. The number of aromatic nitrogens is 4. The summed E-state index contributed by atoms with van der Waals surface area (Å²) in [4.78, 5) is 17.1. The van der Waals surface area contributed by atoms with E-state index >= 15 is 0 Å². The van der Waals surface area contributed by atoms with Crippen LogP contribution in [-0.4, -0.2) is 26.5 Å². The summed E-state index contributed by atoms with van der Waals surface area (Å²) < 4.78 is 0. The van der Waals surface area contributed by atoms with Crippen molar-refractivity contribution >= 4 is 11.6 Å². The van der Waals surface area contributed by atoms with E-state index in [9.17, 15) is 0 Å². The van der Waals surface area contributed by atoms with E-state index in [0.29, 0.717) is 6.54 Å². The van der Waals surface area contributed by atoms with E-state index in [1.807, 2.05) is 6.92 Å². The van der Waals surface area contributed by atoms with Gasteiger partial charge in [-0.15, -0.1) is 0 Å². The van der Waals surface area contributed by atoms with Gasteiger partial charge in [-0.05, 0) is 20.3 Å². The zero-order valence-electron chi connectivity index (χ0n) is 12.1. The van der Waals surface area contributed by atoms with E-state index in [2.05, 4.69) is 44.4 Å². The van der Waals surface area contributed by atoms with Crippen molar-refractivity contribution in [3.8, 4) is 0 Å². The third-order valence-corrected chi connectivity index (χ3v) is 2.91. The van der Waals surface area contributed by atoms with Crippen LogP contribution in [-0.2, 0) is 13.0 Å². The highest BCUT2D eigenvalue weighted by Gasteiger charge is 2.09. The van der Waals surface area contributed by atoms with E-state index in [4.69, 9.17) is 0 Å². The van der Waals surface area contributed by atoms with Gasteiger partial charge < -0.3 is 10.6 Å². The fourth-order valence-corrected chi connectivity index (χ4v) is 1.90. The van der Waals surface area contributed by atoms with Crippen LogP contribution in [0, 0.1) is 6.92 Å². The van der Waals surface area contributed by atoms with Gasteiger partial charge in [-0.25, -0.2) is 9.97 Å². The SMILES string of the molecule is CCNc1ncnc(NCc2cnc(C)cn2)c1CC. The Balaban J connectivity index is 2.12. The maximum absolute atomic E-state index is 4.32. The lowest BCUT2D eigenvalue weighted by Crippen LogP contribution is -2.10. The Hall–Kier alpha value is -2.24. The number of rotatable bonds is 6. The molecule has 2 rings (SSSR count). The Morgan fingerprint density at radius 3 is 2.30 bits per heavy atom. The predicted octanol–water partition coefficient (Wildman–Crippen LogP) is 2.18. The van der Waals surface area contributed by atoms with Crippen LogP contribution >= 0.6 is 0 Å². The van der Waals surface area contributed by atoms with Gasteiger partial charge >= 0.3 is 0 Å². The monoisotopic (exact) mass is 272 g/mol. The van der Waals surface area contributed by atoms with Gasteiger partial charge in [0.1, 0.15) is 18.0 Å². The van der Waals surface area contributed by atoms with Crippen molar-refractivity contribution in [2.45, 2.75) is 33.7 Å². The molecule has 0 unspecified atom stereocenters. The second-order valence-corrected chi connectivity index (χ2v) is 4.44. The van der Waals surface area contributed by atoms with Crippen LogP contribution in [0.15, 0.2) is 18.7 Å². The highest BCUT2D eigenvalue weighted by Crippen LogP contribution is 2.20. The normalized spacial score (nSPS) is 10.3. The summed E-state index contributed by atoms with van der Waals surface area (Å²) in [6.07, 6.45) is 5.98. The number of nitrogens with zero attached hydrogens (tertiary/aromatic N) is 4. The Morgan fingerprint density at radius 2 is 1.70 bits per heavy atom. The van der Waals surface area contributed by atoms with E-state index < -0.39 is 0 Å². The number of hydrogen-bond acceptors (Lipinski definition) is 6. The molecule has 0 bridgehead atoms. The summed E-state index contributed by atoms with van der Waals surface area (Å²) in [6.45, 7) is 7.51. The van der Waals surface area contributed by atoms with Gasteiger partial charge in [0, 0.05) is 18.3 Å². The first-order valence-corrected chi connectivity index (χ1v) is 6.83. The Morgan fingerprint density at radius 1 is 0.950 bits per heavy atom. The van der Waals surface area contributed by atoms with Gasteiger partial charge in [-0.1, -0.05) is 6.92 Å². The van der Waals surface area contributed by atoms with Crippen molar-refractivity contribution in [3.63, 3.8) is 0 Å². The minimum atomic E-state index is 0.600. The van der Waals surface area contributed by atoms with Crippen LogP contribution in [0.2, 0.25) is 0 Å². The maximum Gasteiger partial charge on any atom is 0.135 e. The quantitative estimate of drug-likeness (QED) is 0.839. The predicted molar refractivity (Wildman–Crippen MR) is 79.7 cm³/mol. The standard InChI is InChI=1S/C14H20N6/c1-4-12-13(15-5-2)19-9-20-14(12)18-8-11-7-16-10(3)6-17-11/h6-7,9H,4-5,8H2,1-3H3,(H2,15,18,19,20). The van der Waals surface area contributed by atoms with Crippen molar-refractivity contribution in [3.05, 3.63) is 35.7 Å². The van der Waals surface area contributed by atoms with Crippen molar-refractivity contribution in [1.82, 2.24) is 19.9 Å². The minimum absolute atomic E-state index is 0.600. The van der Waals surface area contributed by atoms with Crippen molar-refractivity contribution in [1.29, 1.82) is 0 Å². The molecule has 0 aliphatic rings. The summed E-state index contributed by atoms with van der Waals surface area (Å²) in [5.41, 5.74) is 2.90. The first-order valence-electron chi connectivity index (χ1n) is 6.83. The van der Waals surface area contributed by atoms with Crippen LogP contribution < -0.4 is 10.6 Å². The fraction of sp³-hybridized carbons (Fsp3) is 0.429. The van der Waals surface area contributed by atoms with Gasteiger partial charge in [-0.3, -0.25) is 9.97 Å². The number of hydrogen-bond donors (Lipinski definition) is 2. The van der Waals surface area contributed by atoms with Crippen molar-refractivity contribution in [2.75, 3.05) is 17.2 Å². The Labute approximate surface area is 119 Å². The first-order chi connectivity index (χ1) is 9.74. The molecular formula is C14H20N6. The van der Waals surface area contributed by atoms with Crippen molar-refractivity contribution < 1.29 is 0 Å². The molecule has 6 nitrogen and oxygen atoms in total. The van der Waals surface area contributed by atoms with Gasteiger partial charge in [0.05, 0.1) is 24.1 Å². The molecule has 2 aromatic heterocycles. The molecule has 0 fully saturated rings. The third kappa shape index (κ3) is 3.40. The molecular weight excluding hydrogens is 252 g/mol. The second kappa shape index (κ2) is 6.79. The summed E-state index contributed by atoms with van der Waals surface area (Å²) in [5, 5.41) is 6.56. The van der Waals surface area contributed by atoms with Crippen molar-refractivity contribution in [2.24, 2.45) is 0 Å². The van der Waals surface area contributed by atoms with Gasteiger partial charge in [0.15, 0.2) is 0 Å². The lowest BCUT2D eigenvalue weighted by Gasteiger charge is -2.13. The fourth-order valence-electron chi connectivity index (χ4n) is 1.90. The molecule has 2 N–H and O–H groups in total. The third-order valence-electron chi connectivity index (χ3n) is 2.91. The van der Waals surface area contributed by atoms with E-state index in [1.165, 1.54) is 0 Å². The molecule has 0 aliphatic heterocycles. The molecule has 0 atom stereocenters. The highest BCUT2D eigenvalue weighted by molar-refractivity contribution is 5.57. The molecule has 0 aliphatic carbocycles. The summed E-state index contributed by atoms with van der Waals surface area (Å²) in [5.74, 6) is 1.74. The number of aryl methyl sites for hydroxylation is 1. The van der Waals surface area contributed by atoms with Gasteiger partial charge in [-0.2, -0.15) is 0 Å². The second-order valence-electron chi connectivity index (χ2n) is 4.44. The first kappa shape index (κ1) is 14.2. The largest absolute Gasteiger partial charge is 0.370 e. The molecule has 0 amide bonds. The topological polar surface area (TPSA) is 75.6 Å². The molecule has 0 aromatic carbocycles. The lowest BCUT2D eigenvalue weighted by atomic mass is 10.2. The van der Waals surface area contributed by atoms with Gasteiger partial charge in [0.2, 0.25) is 0 Å². The number of nitrogens with one attached hydrogen (secondary N) is 2. The molecule has 0 saturated heterocycles. The molecule has 106 valence electrons. The van der Waals surface area contributed by atoms with Crippen LogP contribution in [0.5, 0.6) is 0 Å². The summed E-state index contributed by atoms with van der Waals surface area (Å²) >= 11 is 0. The van der Waals surface area contributed by atoms with E-state index in [1.54, 1.807) is 18.7 Å². The molecule has 2 aromatic rings. The summed E-state index contributed by atoms with van der Waals surface area (Å²) in [7, 11) is 0.